The second-order valence-electron chi connectivity index (χ2n) is 4.51. The van der Waals surface area contributed by atoms with Crippen molar-refractivity contribution in [1.82, 2.24) is 4.90 Å². The molecule has 18 heavy (non-hydrogen) atoms. The van der Waals surface area contributed by atoms with Crippen LogP contribution in [0.25, 0.3) is 0 Å². The van der Waals surface area contributed by atoms with Crippen molar-refractivity contribution >= 4 is 12.4 Å². The predicted octanol–water partition coefficient (Wildman–Crippen LogP) is 2.38. The van der Waals surface area contributed by atoms with Crippen molar-refractivity contribution in [3.63, 3.8) is 0 Å². The number of halogens is 1. The summed E-state index contributed by atoms with van der Waals surface area (Å²) >= 11 is 0. The highest BCUT2D eigenvalue weighted by Crippen LogP contribution is 2.20. The Morgan fingerprint density at radius 1 is 1.28 bits per heavy atom. The lowest BCUT2D eigenvalue weighted by molar-refractivity contribution is 0.0202. The van der Waals surface area contributed by atoms with Gasteiger partial charge in [-0.15, -0.1) is 12.4 Å². The van der Waals surface area contributed by atoms with Crippen molar-refractivity contribution in [2.75, 3.05) is 33.4 Å². The molecule has 1 aromatic rings. The number of rotatable bonds is 4. The van der Waals surface area contributed by atoms with E-state index >= 15 is 0 Å². The topological polar surface area (TPSA) is 21.7 Å². The van der Waals surface area contributed by atoms with Gasteiger partial charge in [0.25, 0.3) is 0 Å². The van der Waals surface area contributed by atoms with Crippen LogP contribution in [0.5, 0.6) is 5.75 Å². The molecule has 1 aliphatic heterocycles. The number of para-hydroxylation sites is 1. The van der Waals surface area contributed by atoms with E-state index in [-0.39, 0.29) is 12.4 Å². The molecular formula is C14H22ClNO2. The van der Waals surface area contributed by atoms with Crippen LogP contribution in [0.15, 0.2) is 24.3 Å². The van der Waals surface area contributed by atoms with E-state index in [1.807, 2.05) is 12.1 Å². The minimum Gasteiger partial charge on any atom is -0.496 e. The van der Waals surface area contributed by atoms with Gasteiger partial charge in [-0.1, -0.05) is 18.2 Å². The zero-order valence-corrected chi connectivity index (χ0v) is 11.9. The normalized spacial score (nSPS) is 17.9. The molecule has 0 amide bonds. The summed E-state index contributed by atoms with van der Waals surface area (Å²) in [6.07, 6.45) is 1.03. The Hall–Kier alpha value is -0.770. The van der Waals surface area contributed by atoms with Crippen LogP contribution >= 0.6 is 12.4 Å². The molecule has 1 heterocycles. The van der Waals surface area contributed by atoms with Gasteiger partial charge in [0.15, 0.2) is 0 Å². The predicted molar refractivity (Wildman–Crippen MR) is 75.8 cm³/mol. The van der Waals surface area contributed by atoms with E-state index in [1.165, 1.54) is 5.56 Å². The summed E-state index contributed by atoms with van der Waals surface area (Å²) in [6.45, 7) is 6.07. The van der Waals surface area contributed by atoms with Crippen LogP contribution in [0.3, 0.4) is 0 Å². The highest BCUT2D eigenvalue weighted by Gasteiger charge is 2.18. The Bertz CT molecular complexity index is 353. The molecule has 1 atom stereocenters. The molecule has 0 saturated carbocycles. The van der Waals surface area contributed by atoms with Crippen molar-refractivity contribution in [2.24, 2.45) is 0 Å². The van der Waals surface area contributed by atoms with Gasteiger partial charge in [-0.3, -0.25) is 4.90 Å². The second-order valence-corrected chi connectivity index (χ2v) is 4.51. The third-order valence-electron chi connectivity index (χ3n) is 3.38. The van der Waals surface area contributed by atoms with Crippen LogP contribution < -0.4 is 4.74 Å². The van der Waals surface area contributed by atoms with Crippen LogP contribution in [-0.2, 0) is 11.2 Å². The first-order valence-corrected chi connectivity index (χ1v) is 6.25. The molecule has 2 rings (SSSR count). The summed E-state index contributed by atoms with van der Waals surface area (Å²) in [5.74, 6) is 0.993. The van der Waals surface area contributed by atoms with Crippen LogP contribution in [0, 0.1) is 0 Å². The van der Waals surface area contributed by atoms with E-state index in [0.717, 1.165) is 38.5 Å². The molecule has 3 nitrogen and oxygen atoms in total. The highest BCUT2D eigenvalue weighted by atomic mass is 35.5. The molecule has 0 bridgehead atoms. The first kappa shape index (κ1) is 15.3. The summed E-state index contributed by atoms with van der Waals surface area (Å²) in [5, 5.41) is 0. The van der Waals surface area contributed by atoms with Crippen LogP contribution in [0.2, 0.25) is 0 Å². The molecule has 1 fully saturated rings. The fraction of sp³-hybridized carbons (Fsp3) is 0.571. The summed E-state index contributed by atoms with van der Waals surface area (Å²) in [5.41, 5.74) is 1.29. The van der Waals surface area contributed by atoms with E-state index in [2.05, 4.69) is 24.0 Å². The monoisotopic (exact) mass is 271 g/mol. The molecular weight excluding hydrogens is 250 g/mol. The maximum Gasteiger partial charge on any atom is 0.122 e. The maximum absolute atomic E-state index is 5.39. The lowest BCUT2D eigenvalue weighted by atomic mass is 10.0. The van der Waals surface area contributed by atoms with E-state index in [9.17, 15) is 0 Å². The summed E-state index contributed by atoms with van der Waals surface area (Å²) in [4.78, 5) is 2.48. The van der Waals surface area contributed by atoms with Gasteiger partial charge in [-0.05, 0) is 25.0 Å². The largest absolute Gasteiger partial charge is 0.496 e. The number of nitrogens with zero attached hydrogens (tertiary/aromatic N) is 1. The fourth-order valence-corrected chi connectivity index (χ4v) is 2.34. The quantitative estimate of drug-likeness (QED) is 0.839. The average molecular weight is 272 g/mol. The third-order valence-corrected chi connectivity index (χ3v) is 3.38. The molecule has 1 aromatic carbocycles. The zero-order chi connectivity index (χ0) is 12.1. The number of hydrogen-bond donors (Lipinski definition) is 0. The number of morpholine rings is 1. The van der Waals surface area contributed by atoms with Crippen molar-refractivity contribution < 1.29 is 9.47 Å². The molecule has 1 unspecified atom stereocenters. The third kappa shape index (κ3) is 3.87. The van der Waals surface area contributed by atoms with Crippen molar-refractivity contribution in [2.45, 2.75) is 19.4 Å². The van der Waals surface area contributed by atoms with Gasteiger partial charge in [0.2, 0.25) is 0 Å². The molecule has 0 radical (unpaired) electrons. The van der Waals surface area contributed by atoms with Crippen molar-refractivity contribution in [3.8, 4) is 5.75 Å². The molecule has 1 saturated heterocycles. The maximum atomic E-state index is 5.39. The minimum absolute atomic E-state index is 0. The molecule has 0 aliphatic carbocycles. The van der Waals surface area contributed by atoms with Crippen molar-refractivity contribution in [3.05, 3.63) is 29.8 Å². The summed E-state index contributed by atoms with van der Waals surface area (Å²) in [6, 6.07) is 8.80. The van der Waals surface area contributed by atoms with Gasteiger partial charge in [0.05, 0.1) is 20.3 Å². The van der Waals surface area contributed by atoms with Crippen molar-refractivity contribution in [1.29, 1.82) is 0 Å². The second kappa shape index (κ2) is 7.62. The number of benzene rings is 1. The first-order valence-electron chi connectivity index (χ1n) is 6.25. The Morgan fingerprint density at radius 2 is 1.94 bits per heavy atom. The highest BCUT2D eigenvalue weighted by molar-refractivity contribution is 5.85. The SMILES string of the molecule is COc1ccccc1CC(C)N1CCOCC1.Cl. The average Bonchev–Trinajstić information content (AvgIpc) is 2.40. The van der Waals surface area contributed by atoms with Gasteiger partial charge in [0.1, 0.15) is 5.75 Å². The van der Waals surface area contributed by atoms with Gasteiger partial charge in [-0.25, -0.2) is 0 Å². The van der Waals surface area contributed by atoms with E-state index in [0.29, 0.717) is 6.04 Å². The van der Waals surface area contributed by atoms with Crippen LogP contribution in [0.4, 0.5) is 0 Å². The molecule has 0 spiro atoms. The zero-order valence-electron chi connectivity index (χ0n) is 11.1. The molecule has 102 valence electrons. The van der Waals surface area contributed by atoms with E-state index in [1.54, 1.807) is 7.11 Å². The number of methoxy groups -OCH3 is 1. The Kier molecular flexibility index (Phi) is 6.47. The molecule has 0 N–H and O–H groups in total. The molecule has 4 heteroatoms. The lowest BCUT2D eigenvalue weighted by Gasteiger charge is -2.32. The Morgan fingerprint density at radius 3 is 2.61 bits per heavy atom. The van der Waals surface area contributed by atoms with Gasteiger partial charge in [-0.2, -0.15) is 0 Å². The first-order chi connectivity index (χ1) is 8.31. The van der Waals surface area contributed by atoms with Gasteiger partial charge >= 0.3 is 0 Å². The molecule has 1 aliphatic rings. The minimum atomic E-state index is 0. The van der Waals surface area contributed by atoms with Crippen LogP contribution in [-0.4, -0.2) is 44.4 Å². The van der Waals surface area contributed by atoms with Gasteiger partial charge in [0, 0.05) is 19.1 Å². The smallest absolute Gasteiger partial charge is 0.122 e. The number of hydrogen-bond acceptors (Lipinski definition) is 3. The Balaban J connectivity index is 0.00000162. The van der Waals surface area contributed by atoms with Gasteiger partial charge < -0.3 is 9.47 Å². The van der Waals surface area contributed by atoms with E-state index < -0.39 is 0 Å². The van der Waals surface area contributed by atoms with Crippen LogP contribution in [0.1, 0.15) is 12.5 Å². The standard InChI is InChI=1S/C14H21NO2.ClH/c1-12(15-7-9-17-10-8-15)11-13-5-3-4-6-14(13)16-2;/h3-6,12H,7-11H2,1-2H3;1H. The number of ether oxygens (including phenoxy) is 2. The van der Waals surface area contributed by atoms with E-state index in [4.69, 9.17) is 9.47 Å². The Labute approximate surface area is 115 Å². The lowest BCUT2D eigenvalue weighted by Crippen LogP contribution is -2.43. The fourth-order valence-electron chi connectivity index (χ4n) is 2.34. The summed E-state index contributed by atoms with van der Waals surface area (Å²) < 4.78 is 10.8. The molecule has 0 aromatic heterocycles. The summed E-state index contributed by atoms with van der Waals surface area (Å²) in [7, 11) is 1.73.